The van der Waals surface area contributed by atoms with Gasteiger partial charge in [-0.1, -0.05) is 0 Å². The third kappa shape index (κ3) is 2.98. The molecule has 0 fully saturated rings. The van der Waals surface area contributed by atoms with E-state index >= 15 is 0 Å². The van der Waals surface area contributed by atoms with Crippen LogP contribution in [0.5, 0.6) is 0 Å². The second-order valence-corrected chi connectivity index (χ2v) is 4.99. The third-order valence-corrected chi connectivity index (χ3v) is 3.21. The molecule has 1 aromatic heterocycles. The summed E-state index contributed by atoms with van der Waals surface area (Å²) in [6.07, 6.45) is 1.61. The molecule has 96 valence electrons. The molecular weight excluding hydrogens is 302 g/mol. The maximum absolute atomic E-state index is 11.8. The van der Waals surface area contributed by atoms with E-state index in [0.29, 0.717) is 18.7 Å². The predicted octanol–water partition coefficient (Wildman–Crippen LogP) is 1.61. The van der Waals surface area contributed by atoms with Crippen molar-refractivity contribution in [3.8, 4) is 0 Å². The number of amides is 2. The van der Waals surface area contributed by atoms with Crippen molar-refractivity contribution in [1.29, 1.82) is 0 Å². The summed E-state index contributed by atoms with van der Waals surface area (Å²) in [5.74, 6) is 0.260. The molecule has 18 heavy (non-hydrogen) atoms. The summed E-state index contributed by atoms with van der Waals surface area (Å²) in [6, 6.07) is 1.92. The highest BCUT2D eigenvalue weighted by molar-refractivity contribution is 9.10. The van der Waals surface area contributed by atoms with Gasteiger partial charge in [0.2, 0.25) is 5.91 Å². The molecule has 0 saturated carbocycles. The number of nitrogens with one attached hydrogen (secondary N) is 2. The molecule has 1 aliphatic rings. The van der Waals surface area contributed by atoms with Gasteiger partial charge in [0.1, 0.15) is 5.82 Å². The summed E-state index contributed by atoms with van der Waals surface area (Å²) in [6.45, 7) is 0.268. The first-order chi connectivity index (χ1) is 8.56. The number of hydrogen-bond donors (Lipinski definition) is 3. The monoisotopic (exact) mass is 313 g/mol. The van der Waals surface area contributed by atoms with Crippen molar-refractivity contribution >= 4 is 33.7 Å². The van der Waals surface area contributed by atoms with E-state index in [-0.39, 0.29) is 18.4 Å². The number of aromatic nitrogens is 1. The molecule has 0 aliphatic carbocycles. The van der Waals surface area contributed by atoms with Crippen molar-refractivity contribution in [3.05, 3.63) is 22.3 Å². The molecule has 1 aromatic rings. The number of rotatable bonds is 3. The number of carbonyl (C=O) groups is 2. The summed E-state index contributed by atoms with van der Waals surface area (Å²) < 4.78 is 0.861. The molecular formula is C11H12BrN3O3. The highest BCUT2D eigenvalue weighted by Crippen LogP contribution is 2.27. The Bertz CT molecular complexity index is 492. The zero-order chi connectivity index (χ0) is 13.1. The van der Waals surface area contributed by atoms with Gasteiger partial charge in [0.25, 0.3) is 0 Å². The Morgan fingerprint density at radius 3 is 3.17 bits per heavy atom. The molecule has 1 unspecified atom stereocenters. The molecule has 1 atom stereocenters. The minimum absolute atomic E-state index is 0.107. The van der Waals surface area contributed by atoms with Crippen molar-refractivity contribution in [2.24, 2.45) is 5.92 Å². The molecule has 2 rings (SSSR count). The SMILES string of the molecule is O=C(O)NCCC1Cc2cc(Br)cnc2NC1=O. The lowest BCUT2D eigenvalue weighted by molar-refractivity contribution is -0.120. The number of hydrogen-bond acceptors (Lipinski definition) is 3. The minimum Gasteiger partial charge on any atom is -0.465 e. The number of halogens is 1. The summed E-state index contributed by atoms with van der Waals surface area (Å²) in [5, 5.41) is 13.5. The molecule has 0 bridgehead atoms. The second kappa shape index (κ2) is 5.34. The molecule has 1 aliphatic heterocycles. The summed E-state index contributed by atoms with van der Waals surface area (Å²) in [4.78, 5) is 26.2. The van der Waals surface area contributed by atoms with Crippen molar-refractivity contribution in [1.82, 2.24) is 10.3 Å². The summed E-state index contributed by atoms with van der Waals surface area (Å²) >= 11 is 3.33. The Labute approximate surface area is 112 Å². The number of anilines is 1. The number of nitrogens with zero attached hydrogens (tertiary/aromatic N) is 1. The first-order valence-electron chi connectivity index (χ1n) is 5.48. The molecule has 2 amide bonds. The van der Waals surface area contributed by atoms with Gasteiger partial charge >= 0.3 is 6.09 Å². The van der Waals surface area contributed by atoms with E-state index in [0.717, 1.165) is 10.0 Å². The molecule has 2 heterocycles. The fourth-order valence-electron chi connectivity index (χ4n) is 1.91. The average molecular weight is 314 g/mol. The van der Waals surface area contributed by atoms with Gasteiger partial charge in [-0.25, -0.2) is 9.78 Å². The van der Waals surface area contributed by atoms with Gasteiger partial charge in [0.15, 0.2) is 0 Å². The van der Waals surface area contributed by atoms with E-state index in [1.807, 2.05) is 6.07 Å². The van der Waals surface area contributed by atoms with Crippen LogP contribution >= 0.6 is 15.9 Å². The molecule has 3 N–H and O–H groups in total. The number of fused-ring (bicyclic) bond motifs is 1. The van der Waals surface area contributed by atoms with Crippen molar-refractivity contribution in [2.45, 2.75) is 12.8 Å². The lowest BCUT2D eigenvalue weighted by atomic mass is 9.92. The minimum atomic E-state index is -1.07. The van der Waals surface area contributed by atoms with Gasteiger partial charge in [0.05, 0.1) is 0 Å². The maximum Gasteiger partial charge on any atom is 0.404 e. The van der Waals surface area contributed by atoms with E-state index < -0.39 is 6.09 Å². The van der Waals surface area contributed by atoms with E-state index in [1.165, 1.54) is 0 Å². The van der Waals surface area contributed by atoms with Gasteiger partial charge in [-0.05, 0) is 40.4 Å². The van der Waals surface area contributed by atoms with Crippen LogP contribution in [0.15, 0.2) is 16.7 Å². The van der Waals surface area contributed by atoms with Gasteiger partial charge in [-0.2, -0.15) is 0 Å². The van der Waals surface area contributed by atoms with Crippen LogP contribution in [0.2, 0.25) is 0 Å². The van der Waals surface area contributed by atoms with Gasteiger partial charge < -0.3 is 15.7 Å². The largest absolute Gasteiger partial charge is 0.465 e. The van der Waals surface area contributed by atoms with Crippen molar-refractivity contribution in [2.75, 3.05) is 11.9 Å². The third-order valence-electron chi connectivity index (χ3n) is 2.78. The van der Waals surface area contributed by atoms with Crippen LogP contribution in [0, 0.1) is 5.92 Å². The lowest BCUT2D eigenvalue weighted by Crippen LogP contribution is -2.33. The first kappa shape index (κ1) is 12.8. The Balaban J connectivity index is 2.03. The Hall–Kier alpha value is -1.63. The smallest absolute Gasteiger partial charge is 0.404 e. The maximum atomic E-state index is 11.8. The normalized spacial score (nSPS) is 17.8. The first-order valence-corrected chi connectivity index (χ1v) is 6.27. The average Bonchev–Trinajstić information content (AvgIpc) is 2.30. The van der Waals surface area contributed by atoms with E-state index in [2.05, 4.69) is 31.5 Å². The van der Waals surface area contributed by atoms with E-state index in [9.17, 15) is 9.59 Å². The fourth-order valence-corrected chi connectivity index (χ4v) is 2.29. The van der Waals surface area contributed by atoms with Gasteiger partial charge in [0, 0.05) is 23.1 Å². The van der Waals surface area contributed by atoms with Gasteiger partial charge in [-0.3, -0.25) is 4.79 Å². The van der Waals surface area contributed by atoms with Crippen LogP contribution in [0.25, 0.3) is 0 Å². The lowest BCUT2D eigenvalue weighted by Gasteiger charge is -2.23. The quantitative estimate of drug-likeness (QED) is 0.790. The number of carbonyl (C=O) groups excluding carboxylic acids is 1. The highest BCUT2D eigenvalue weighted by atomic mass is 79.9. The molecule has 0 saturated heterocycles. The Morgan fingerprint density at radius 1 is 1.67 bits per heavy atom. The van der Waals surface area contributed by atoms with Crippen LogP contribution in [0.4, 0.5) is 10.6 Å². The molecule has 0 spiro atoms. The molecule has 0 radical (unpaired) electrons. The van der Waals surface area contributed by atoms with Crippen LogP contribution in [0.3, 0.4) is 0 Å². The van der Waals surface area contributed by atoms with Crippen LogP contribution < -0.4 is 10.6 Å². The Kier molecular flexibility index (Phi) is 3.81. The molecule has 0 aromatic carbocycles. The summed E-state index contributed by atoms with van der Waals surface area (Å²) in [5.41, 5.74) is 0.962. The van der Waals surface area contributed by atoms with Gasteiger partial charge in [-0.15, -0.1) is 0 Å². The van der Waals surface area contributed by atoms with Crippen molar-refractivity contribution < 1.29 is 14.7 Å². The van der Waals surface area contributed by atoms with E-state index in [4.69, 9.17) is 5.11 Å². The van der Waals surface area contributed by atoms with Crippen LogP contribution in [0.1, 0.15) is 12.0 Å². The fraction of sp³-hybridized carbons (Fsp3) is 0.364. The van der Waals surface area contributed by atoms with E-state index in [1.54, 1.807) is 6.20 Å². The standard InChI is InChI=1S/C11H12BrN3O3/c12-8-4-7-3-6(1-2-13-11(17)18)10(16)15-9(7)14-5-8/h4-6,13H,1-3H2,(H,17,18)(H,14,15,16). The predicted molar refractivity (Wildman–Crippen MR) is 68.4 cm³/mol. The topological polar surface area (TPSA) is 91.3 Å². The van der Waals surface area contributed by atoms with Crippen molar-refractivity contribution in [3.63, 3.8) is 0 Å². The summed E-state index contributed by atoms with van der Waals surface area (Å²) in [7, 11) is 0. The van der Waals surface area contributed by atoms with Crippen LogP contribution in [-0.2, 0) is 11.2 Å². The zero-order valence-corrected chi connectivity index (χ0v) is 11.0. The molecule has 6 nitrogen and oxygen atoms in total. The van der Waals surface area contributed by atoms with Crippen LogP contribution in [-0.4, -0.2) is 28.6 Å². The Morgan fingerprint density at radius 2 is 2.44 bits per heavy atom. The second-order valence-electron chi connectivity index (χ2n) is 4.07. The number of pyridine rings is 1. The zero-order valence-electron chi connectivity index (χ0n) is 9.44. The molecule has 7 heteroatoms. The highest BCUT2D eigenvalue weighted by Gasteiger charge is 2.26. The number of carboxylic acid groups (broad SMARTS) is 1.